The van der Waals surface area contributed by atoms with Gasteiger partial charge in [-0.05, 0) is 12.0 Å². The molecule has 0 bridgehead atoms. The number of halogens is 1. The predicted octanol–water partition coefficient (Wildman–Crippen LogP) is 2.58. The van der Waals surface area contributed by atoms with Crippen molar-refractivity contribution in [3.63, 3.8) is 0 Å². The highest BCUT2D eigenvalue weighted by atomic mass is 19.1. The molecule has 0 aliphatic heterocycles. The highest BCUT2D eigenvalue weighted by molar-refractivity contribution is 5.15. The molecule has 1 rings (SSSR count). The number of hydrogen-bond donors (Lipinski definition) is 0. The van der Waals surface area contributed by atoms with E-state index in [-0.39, 0.29) is 5.82 Å². The molecular formula is C9H10F. The Morgan fingerprint density at radius 2 is 2.40 bits per heavy atom. The zero-order valence-electron chi connectivity index (χ0n) is 6.02. The summed E-state index contributed by atoms with van der Waals surface area (Å²) in [6.07, 6.45) is 1.79. The first-order valence-corrected chi connectivity index (χ1v) is 3.49. The Labute approximate surface area is 60.7 Å². The lowest BCUT2D eigenvalue weighted by molar-refractivity contribution is 0.605. The molecule has 0 heterocycles. The van der Waals surface area contributed by atoms with Gasteiger partial charge in [0.15, 0.2) is 0 Å². The third kappa shape index (κ3) is 1.56. The van der Waals surface area contributed by atoms with E-state index in [0.717, 1.165) is 18.4 Å². The van der Waals surface area contributed by atoms with E-state index in [2.05, 4.69) is 6.07 Å². The summed E-state index contributed by atoms with van der Waals surface area (Å²) in [6, 6.07) is 7.72. The van der Waals surface area contributed by atoms with Crippen molar-refractivity contribution < 1.29 is 4.39 Å². The van der Waals surface area contributed by atoms with Crippen LogP contribution in [0.2, 0.25) is 0 Å². The van der Waals surface area contributed by atoms with Crippen molar-refractivity contribution in [3.8, 4) is 0 Å². The van der Waals surface area contributed by atoms with Crippen LogP contribution in [0.3, 0.4) is 0 Å². The third-order valence-corrected chi connectivity index (χ3v) is 1.40. The van der Waals surface area contributed by atoms with Gasteiger partial charge in [-0.3, -0.25) is 0 Å². The van der Waals surface area contributed by atoms with Crippen LogP contribution >= 0.6 is 0 Å². The average Bonchev–Trinajstić information content (AvgIpc) is 1.94. The quantitative estimate of drug-likeness (QED) is 0.587. The molecule has 10 heavy (non-hydrogen) atoms. The molecule has 0 saturated heterocycles. The van der Waals surface area contributed by atoms with Crippen molar-refractivity contribution in [1.82, 2.24) is 0 Å². The lowest BCUT2D eigenvalue weighted by Crippen LogP contribution is -1.87. The Morgan fingerprint density at radius 3 is 3.00 bits per heavy atom. The maximum absolute atomic E-state index is 12.7. The molecule has 0 nitrogen and oxygen atoms in total. The smallest absolute Gasteiger partial charge is 0.134 e. The fraction of sp³-hybridized carbons (Fsp3) is 0.333. The summed E-state index contributed by atoms with van der Waals surface area (Å²) < 4.78 is 12.7. The molecule has 0 amide bonds. The van der Waals surface area contributed by atoms with Gasteiger partial charge < -0.3 is 0 Å². The van der Waals surface area contributed by atoms with Crippen LogP contribution in [-0.4, -0.2) is 0 Å². The minimum absolute atomic E-state index is 0.204. The Bertz CT molecular complexity index is 206. The standard InChI is InChI=1S/C9H10F/c1-2-5-8-6-3-4-7-9(8)10/h3-4,6H,2,5H2,1H3. The van der Waals surface area contributed by atoms with Crippen LogP contribution in [-0.2, 0) is 6.42 Å². The van der Waals surface area contributed by atoms with Crippen LogP contribution in [0.15, 0.2) is 18.2 Å². The molecule has 0 unspecified atom stereocenters. The lowest BCUT2D eigenvalue weighted by atomic mass is 10.1. The molecule has 0 aliphatic rings. The summed E-state index contributed by atoms with van der Waals surface area (Å²) in [5.41, 5.74) is 0.769. The van der Waals surface area contributed by atoms with Crippen LogP contribution in [0.25, 0.3) is 0 Å². The second-order valence-corrected chi connectivity index (χ2v) is 2.26. The summed E-state index contributed by atoms with van der Waals surface area (Å²) in [4.78, 5) is 0. The van der Waals surface area contributed by atoms with E-state index in [9.17, 15) is 4.39 Å². The van der Waals surface area contributed by atoms with Gasteiger partial charge in [-0.25, -0.2) is 4.39 Å². The van der Waals surface area contributed by atoms with E-state index in [1.807, 2.05) is 13.0 Å². The van der Waals surface area contributed by atoms with E-state index in [1.54, 1.807) is 12.1 Å². The summed E-state index contributed by atoms with van der Waals surface area (Å²) in [5, 5.41) is 0. The first-order chi connectivity index (χ1) is 4.84. The topological polar surface area (TPSA) is 0 Å². The highest BCUT2D eigenvalue weighted by Crippen LogP contribution is 2.07. The van der Waals surface area contributed by atoms with Gasteiger partial charge in [-0.2, -0.15) is 0 Å². The van der Waals surface area contributed by atoms with E-state index in [4.69, 9.17) is 0 Å². The van der Waals surface area contributed by atoms with Gasteiger partial charge >= 0.3 is 0 Å². The van der Waals surface area contributed by atoms with E-state index in [0.29, 0.717) is 0 Å². The van der Waals surface area contributed by atoms with Crippen LogP contribution in [0.4, 0.5) is 4.39 Å². The Kier molecular flexibility index (Phi) is 2.43. The van der Waals surface area contributed by atoms with Crippen molar-refractivity contribution >= 4 is 0 Å². The van der Waals surface area contributed by atoms with Gasteiger partial charge in [-0.15, -0.1) is 0 Å². The molecule has 1 heteroatoms. The summed E-state index contributed by atoms with van der Waals surface area (Å²) in [6.45, 7) is 2.03. The van der Waals surface area contributed by atoms with Gasteiger partial charge in [0.2, 0.25) is 0 Å². The van der Waals surface area contributed by atoms with Crippen LogP contribution < -0.4 is 0 Å². The highest BCUT2D eigenvalue weighted by Gasteiger charge is 1.96. The van der Waals surface area contributed by atoms with Gasteiger partial charge in [0.25, 0.3) is 0 Å². The maximum Gasteiger partial charge on any atom is 0.134 e. The minimum atomic E-state index is -0.204. The Morgan fingerprint density at radius 1 is 1.60 bits per heavy atom. The molecule has 1 aromatic carbocycles. The normalized spacial score (nSPS) is 9.80. The average molecular weight is 137 g/mol. The van der Waals surface area contributed by atoms with Crippen LogP contribution in [0.5, 0.6) is 0 Å². The van der Waals surface area contributed by atoms with Crippen molar-refractivity contribution in [3.05, 3.63) is 35.6 Å². The first kappa shape index (κ1) is 7.26. The number of rotatable bonds is 2. The zero-order chi connectivity index (χ0) is 7.40. The SMILES string of the molecule is CCCc1ccc[c]c1F. The fourth-order valence-electron chi connectivity index (χ4n) is 0.914. The number of hydrogen-bond acceptors (Lipinski definition) is 0. The van der Waals surface area contributed by atoms with Crippen molar-refractivity contribution in [2.24, 2.45) is 0 Å². The summed E-state index contributed by atoms with van der Waals surface area (Å²) in [5.74, 6) is -0.204. The molecule has 0 N–H and O–H groups in total. The molecule has 0 atom stereocenters. The number of benzene rings is 1. The van der Waals surface area contributed by atoms with Gasteiger partial charge in [0.05, 0.1) is 0 Å². The van der Waals surface area contributed by atoms with E-state index in [1.165, 1.54) is 0 Å². The zero-order valence-corrected chi connectivity index (χ0v) is 6.02. The minimum Gasteiger partial charge on any atom is -0.206 e. The van der Waals surface area contributed by atoms with Crippen molar-refractivity contribution in [2.45, 2.75) is 19.8 Å². The molecule has 53 valence electrons. The second-order valence-electron chi connectivity index (χ2n) is 2.26. The lowest BCUT2D eigenvalue weighted by Gasteiger charge is -1.97. The Hall–Kier alpha value is -0.850. The van der Waals surface area contributed by atoms with Gasteiger partial charge in [0, 0.05) is 6.07 Å². The molecule has 0 aliphatic carbocycles. The molecular weight excluding hydrogens is 127 g/mol. The van der Waals surface area contributed by atoms with Crippen molar-refractivity contribution in [2.75, 3.05) is 0 Å². The van der Waals surface area contributed by atoms with Gasteiger partial charge in [0.1, 0.15) is 5.82 Å². The second kappa shape index (κ2) is 3.35. The molecule has 0 fully saturated rings. The number of aryl methyl sites for hydroxylation is 1. The maximum atomic E-state index is 12.7. The third-order valence-electron chi connectivity index (χ3n) is 1.40. The largest absolute Gasteiger partial charge is 0.206 e. The first-order valence-electron chi connectivity index (χ1n) is 3.49. The van der Waals surface area contributed by atoms with Crippen molar-refractivity contribution in [1.29, 1.82) is 0 Å². The predicted molar refractivity (Wildman–Crippen MR) is 39.2 cm³/mol. The molecule has 1 aromatic rings. The van der Waals surface area contributed by atoms with Gasteiger partial charge in [-0.1, -0.05) is 31.5 Å². The van der Waals surface area contributed by atoms with Crippen LogP contribution in [0, 0.1) is 11.9 Å². The Balaban J connectivity index is 2.81. The van der Waals surface area contributed by atoms with E-state index >= 15 is 0 Å². The molecule has 0 aromatic heterocycles. The summed E-state index contributed by atoms with van der Waals surface area (Å²) in [7, 11) is 0. The van der Waals surface area contributed by atoms with E-state index < -0.39 is 0 Å². The molecule has 0 saturated carbocycles. The molecule has 0 spiro atoms. The molecule has 1 radical (unpaired) electrons. The fourth-order valence-corrected chi connectivity index (χ4v) is 0.914. The monoisotopic (exact) mass is 137 g/mol. The summed E-state index contributed by atoms with van der Waals surface area (Å²) >= 11 is 0. The van der Waals surface area contributed by atoms with Crippen LogP contribution in [0.1, 0.15) is 18.9 Å².